The molecule has 3 rings (SSSR count). The van der Waals surface area contributed by atoms with Gasteiger partial charge in [-0.15, -0.1) is 0 Å². The van der Waals surface area contributed by atoms with Crippen LogP contribution in [0.3, 0.4) is 0 Å². The molecule has 1 amide bonds. The Morgan fingerprint density at radius 1 is 1.00 bits per heavy atom. The summed E-state index contributed by atoms with van der Waals surface area (Å²) in [7, 11) is -0.219. The number of para-hydroxylation sites is 1. The molecule has 29 heavy (non-hydrogen) atoms. The molecule has 2 aromatic rings. The number of carbonyl (C=O) groups is 1. The minimum atomic E-state index is -3.72. The predicted octanol–water partition coefficient (Wildman–Crippen LogP) is 3.71. The number of benzene rings is 2. The Hall–Kier alpha value is -2.38. The van der Waals surface area contributed by atoms with E-state index in [1.165, 1.54) is 36.7 Å². The first-order chi connectivity index (χ1) is 13.9. The molecule has 156 valence electrons. The van der Waals surface area contributed by atoms with E-state index in [0.29, 0.717) is 24.0 Å². The highest BCUT2D eigenvalue weighted by atomic mass is 32.2. The van der Waals surface area contributed by atoms with E-state index in [9.17, 15) is 13.2 Å². The fourth-order valence-electron chi connectivity index (χ4n) is 3.75. The first kappa shape index (κ1) is 21.3. The lowest BCUT2D eigenvalue weighted by Gasteiger charge is -2.30. The van der Waals surface area contributed by atoms with Crippen molar-refractivity contribution < 1.29 is 13.2 Å². The van der Waals surface area contributed by atoms with E-state index in [1.807, 2.05) is 13.1 Å². The highest BCUT2D eigenvalue weighted by Crippen LogP contribution is 2.24. The van der Waals surface area contributed by atoms with E-state index in [0.717, 1.165) is 12.8 Å². The van der Waals surface area contributed by atoms with Gasteiger partial charge < -0.3 is 5.32 Å². The summed E-state index contributed by atoms with van der Waals surface area (Å²) in [5.74, 6) is -0.135. The molecule has 0 bridgehead atoms. The first-order valence-electron chi connectivity index (χ1n) is 10.0. The molecule has 0 atom stereocenters. The average Bonchev–Trinajstić information content (AvgIpc) is 2.74. The van der Waals surface area contributed by atoms with Crippen LogP contribution >= 0.6 is 0 Å². The van der Waals surface area contributed by atoms with Crippen molar-refractivity contribution in [3.05, 3.63) is 54.6 Å². The van der Waals surface area contributed by atoms with Crippen molar-refractivity contribution in [1.29, 1.82) is 0 Å². The Kier molecular flexibility index (Phi) is 6.92. The zero-order chi connectivity index (χ0) is 20.9. The molecule has 1 aliphatic rings. The normalized spacial score (nSPS) is 15.3. The summed E-state index contributed by atoms with van der Waals surface area (Å²) in [4.78, 5) is 14.7. The van der Waals surface area contributed by atoms with Gasteiger partial charge in [0, 0.05) is 18.8 Å². The van der Waals surface area contributed by atoms with Crippen LogP contribution in [0.5, 0.6) is 0 Å². The summed E-state index contributed by atoms with van der Waals surface area (Å²) in [6.07, 6.45) is 5.96. The van der Waals surface area contributed by atoms with E-state index in [-0.39, 0.29) is 10.8 Å². The summed E-state index contributed by atoms with van der Waals surface area (Å²) in [5.41, 5.74) is 1.06. The number of amides is 1. The van der Waals surface area contributed by atoms with Gasteiger partial charge in [-0.05, 0) is 50.2 Å². The van der Waals surface area contributed by atoms with Crippen LogP contribution < -0.4 is 9.62 Å². The van der Waals surface area contributed by atoms with Crippen molar-refractivity contribution in [2.45, 2.75) is 43.0 Å². The summed E-state index contributed by atoms with van der Waals surface area (Å²) in [5, 5.41) is 2.84. The van der Waals surface area contributed by atoms with E-state index >= 15 is 0 Å². The van der Waals surface area contributed by atoms with Gasteiger partial charge in [-0.3, -0.25) is 14.0 Å². The molecular weight excluding hydrogens is 386 g/mol. The molecular formula is C22H29N3O3S. The Morgan fingerprint density at radius 3 is 2.38 bits per heavy atom. The molecule has 0 aliphatic heterocycles. The summed E-state index contributed by atoms with van der Waals surface area (Å²) >= 11 is 0. The molecule has 1 fully saturated rings. The minimum absolute atomic E-state index is 0.135. The highest BCUT2D eigenvalue weighted by Gasteiger charge is 2.22. The lowest BCUT2D eigenvalue weighted by Crippen LogP contribution is -2.39. The molecule has 0 radical (unpaired) electrons. The van der Waals surface area contributed by atoms with E-state index in [2.05, 4.69) is 10.2 Å². The van der Waals surface area contributed by atoms with Crippen molar-refractivity contribution in [1.82, 2.24) is 4.90 Å². The average molecular weight is 416 g/mol. The maximum Gasteiger partial charge on any atom is 0.264 e. The largest absolute Gasteiger partial charge is 0.325 e. The number of nitrogens with one attached hydrogen (secondary N) is 1. The van der Waals surface area contributed by atoms with Crippen LogP contribution in [0.2, 0.25) is 0 Å². The molecule has 0 unspecified atom stereocenters. The number of rotatable bonds is 7. The number of hydrogen-bond donors (Lipinski definition) is 1. The Labute approximate surface area is 173 Å². The monoisotopic (exact) mass is 415 g/mol. The predicted molar refractivity (Wildman–Crippen MR) is 117 cm³/mol. The molecule has 2 aromatic carbocycles. The molecule has 1 saturated carbocycles. The van der Waals surface area contributed by atoms with Crippen LogP contribution in [0.15, 0.2) is 59.5 Å². The lowest BCUT2D eigenvalue weighted by molar-refractivity contribution is -0.117. The summed E-state index contributed by atoms with van der Waals surface area (Å²) < 4.78 is 27.2. The SMILES string of the molecule is CN(CC(=O)Nc1cccc(S(=O)(=O)N(C)c2ccccc2)c1)C1CCCCC1. The van der Waals surface area contributed by atoms with Gasteiger partial charge in [-0.25, -0.2) is 8.42 Å². The lowest BCUT2D eigenvalue weighted by atomic mass is 9.94. The number of carbonyl (C=O) groups excluding carboxylic acids is 1. The number of nitrogens with zero attached hydrogens (tertiary/aromatic N) is 2. The first-order valence-corrected chi connectivity index (χ1v) is 11.5. The van der Waals surface area contributed by atoms with Crippen molar-refractivity contribution >= 4 is 27.3 Å². The van der Waals surface area contributed by atoms with Gasteiger partial charge in [0.1, 0.15) is 0 Å². The van der Waals surface area contributed by atoms with Crippen LogP contribution in [0.25, 0.3) is 0 Å². The van der Waals surface area contributed by atoms with Crippen molar-refractivity contribution in [3.8, 4) is 0 Å². The van der Waals surface area contributed by atoms with Crippen molar-refractivity contribution in [2.75, 3.05) is 30.3 Å². The molecule has 0 aromatic heterocycles. The molecule has 7 heteroatoms. The Morgan fingerprint density at radius 2 is 1.69 bits per heavy atom. The van der Waals surface area contributed by atoms with Crippen LogP contribution in [-0.4, -0.2) is 45.9 Å². The number of likely N-dealkylation sites (N-methyl/N-ethyl adjacent to an activating group) is 1. The van der Waals surface area contributed by atoms with Gasteiger partial charge in [0.2, 0.25) is 5.91 Å². The zero-order valence-electron chi connectivity index (χ0n) is 17.0. The van der Waals surface area contributed by atoms with Crippen LogP contribution in [0.1, 0.15) is 32.1 Å². The molecule has 1 N–H and O–H groups in total. The topological polar surface area (TPSA) is 69.7 Å². The summed E-state index contributed by atoms with van der Waals surface area (Å²) in [6, 6.07) is 15.7. The second-order valence-corrected chi connectivity index (χ2v) is 9.56. The number of anilines is 2. The van der Waals surface area contributed by atoms with E-state index in [1.54, 1.807) is 42.5 Å². The second kappa shape index (κ2) is 9.41. The van der Waals surface area contributed by atoms with Gasteiger partial charge in [-0.2, -0.15) is 0 Å². The Balaban J connectivity index is 1.68. The van der Waals surface area contributed by atoms with Crippen molar-refractivity contribution in [2.24, 2.45) is 0 Å². The molecule has 0 heterocycles. The Bertz CT molecular complexity index is 925. The van der Waals surface area contributed by atoms with Crippen LogP contribution in [-0.2, 0) is 14.8 Å². The minimum Gasteiger partial charge on any atom is -0.325 e. The second-order valence-electron chi connectivity index (χ2n) is 7.59. The quantitative estimate of drug-likeness (QED) is 0.748. The molecule has 0 spiro atoms. The van der Waals surface area contributed by atoms with E-state index in [4.69, 9.17) is 0 Å². The van der Waals surface area contributed by atoms with Gasteiger partial charge in [0.05, 0.1) is 17.1 Å². The van der Waals surface area contributed by atoms with Crippen molar-refractivity contribution in [3.63, 3.8) is 0 Å². The molecule has 1 aliphatic carbocycles. The van der Waals surface area contributed by atoms with Gasteiger partial charge >= 0.3 is 0 Å². The van der Waals surface area contributed by atoms with Crippen LogP contribution in [0.4, 0.5) is 11.4 Å². The van der Waals surface area contributed by atoms with Gasteiger partial charge in [0.25, 0.3) is 10.0 Å². The third-order valence-electron chi connectivity index (χ3n) is 5.49. The smallest absolute Gasteiger partial charge is 0.264 e. The standard InChI is InChI=1S/C22H29N3O3S/c1-24(19-11-5-3-6-12-19)17-22(26)23-18-10-9-15-21(16-18)29(27,28)25(2)20-13-7-4-8-14-20/h4,7-10,13-16,19H,3,5-6,11-12,17H2,1-2H3,(H,23,26). The molecule has 6 nitrogen and oxygen atoms in total. The summed E-state index contributed by atoms with van der Waals surface area (Å²) in [6.45, 7) is 0.297. The van der Waals surface area contributed by atoms with Crippen LogP contribution in [0, 0.1) is 0 Å². The fraction of sp³-hybridized carbons (Fsp3) is 0.409. The zero-order valence-corrected chi connectivity index (χ0v) is 17.9. The van der Waals surface area contributed by atoms with Gasteiger partial charge in [-0.1, -0.05) is 43.5 Å². The maximum absolute atomic E-state index is 13.0. The fourth-order valence-corrected chi connectivity index (χ4v) is 4.99. The number of hydrogen-bond acceptors (Lipinski definition) is 4. The highest BCUT2D eigenvalue weighted by molar-refractivity contribution is 7.92. The molecule has 0 saturated heterocycles. The van der Waals surface area contributed by atoms with Gasteiger partial charge in [0.15, 0.2) is 0 Å². The van der Waals surface area contributed by atoms with E-state index < -0.39 is 10.0 Å². The third-order valence-corrected chi connectivity index (χ3v) is 7.27. The third kappa shape index (κ3) is 5.36. The number of sulfonamides is 1. The maximum atomic E-state index is 13.0.